The third kappa shape index (κ3) is 3.51. The molecule has 0 amide bonds. The van der Waals surface area contributed by atoms with Gasteiger partial charge in [0.2, 0.25) is 0 Å². The van der Waals surface area contributed by atoms with E-state index in [2.05, 4.69) is 15.0 Å². The topological polar surface area (TPSA) is 65.0 Å². The van der Waals surface area contributed by atoms with Crippen molar-refractivity contribution in [3.8, 4) is 0 Å². The molecule has 0 atom stereocenters. The predicted molar refractivity (Wildman–Crippen MR) is 74.8 cm³/mol. The quantitative estimate of drug-likeness (QED) is 0.640. The Labute approximate surface area is 122 Å². The summed E-state index contributed by atoms with van der Waals surface area (Å²) in [4.78, 5) is 24.0. The van der Waals surface area contributed by atoms with Crippen LogP contribution in [-0.4, -0.2) is 27.5 Å². The molecule has 0 spiro atoms. The molecule has 0 radical (unpaired) electrons. The van der Waals surface area contributed by atoms with Gasteiger partial charge < -0.3 is 4.74 Å². The fourth-order valence-electron chi connectivity index (χ4n) is 1.61. The van der Waals surface area contributed by atoms with Crippen LogP contribution in [0.5, 0.6) is 0 Å². The van der Waals surface area contributed by atoms with Crippen molar-refractivity contribution in [1.29, 1.82) is 0 Å². The fraction of sp³-hybridized carbons (Fsp3) is 0.286. The molecular formula is C14H14ClN3O2. The van der Waals surface area contributed by atoms with Gasteiger partial charge in [0.05, 0.1) is 6.61 Å². The van der Waals surface area contributed by atoms with Gasteiger partial charge in [0.1, 0.15) is 16.5 Å². The first-order chi connectivity index (χ1) is 9.60. The number of pyridine rings is 1. The highest BCUT2D eigenvalue weighted by molar-refractivity contribution is 6.32. The van der Waals surface area contributed by atoms with Crippen molar-refractivity contribution in [1.82, 2.24) is 15.0 Å². The first-order valence-corrected chi connectivity index (χ1v) is 6.58. The maximum Gasteiger partial charge on any atom is 0.342 e. The molecule has 0 N–H and O–H groups in total. The number of nitrogens with zero attached hydrogens (tertiary/aromatic N) is 3. The van der Waals surface area contributed by atoms with Gasteiger partial charge in [0.25, 0.3) is 0 Å². The van der Waals surface area contributed by atoms with E-state index in [0.29, 0.717) is 12.2 Å². The summed E-state index contributed by atoms with van der Waals surface area (Å²) in [6.07, 6.45) is 3.67. The standard InChI is InChI=1S/C14H14ClN3O2/c1-3-20-14(19)11-8-17-12(18-13(11)15)6-10-5-4-9(2)16-7-10/h4-5,7-8H,3,6H2,1-2H3. The number of aryl methyl sites for hydroxylation is 1. The normalized spacial score (nSPS) is 10.3. The van der Waals surface area contributed by atoms with Gasteiger partial charge in [-0.25, -0.2) is 14.8 Å². The van der Waals surface area contributed by atoms with Crippen LogP contribution in [0.4, 0.5) is 0 Å². The Bertz CT molecular complexity index is 614. The number of rotatable bonds is 4. The minimum Gasteiger partial charge on any atom is -0.462 e. The molecule has 0 aliphatic heterocycles. The lowest BCUT2D eigenvalue weighted by atomic mass is 10.2. The van der Waals surface area contributed by atoms with Gasteiger partial charge in [-0.05, 0) is 25.5 Å². The molecule has 0 aromatic carbocycles. The predicted octanol–water partition coefficient (Wildman–Crippen LogP) is 2.60. The fourth-order valence-corrected chi connectivity index (χ4v) is 1.83. The zero-order valence-electron chi connectivity index (χ0n) is 11.3. The average Bonchev–Trinajstić information content (AvgIpc) is 2.42. The molecule has 2 rings (SSSR count). The first-order valence-electron chi connectivity index (χ1n) is 6.20. The third-order valence-electron chi connectivity index (χ3n) is 2.62. The van der Waals surface area contributed by atoms with Crippen molar-refractivity contribution in [3.63, 3.8) is 0 Å². The highest BCUT2D eigenvalue weighted by atomic mass is 35.5. The van der Waals surface area contributed by atoms with Gasteiger partial charge >= 0.3 is 5.97 Å². The van der Waals surface area contributed by atoms with Crippen LogP contribution in [0, 0.1) is 6.92 Å². The van der Waals surface area contributed by atoms with E-state index < -0.39 is 5.97 Å². The zero-order chi connectivity index (χ0) is 14.5. The number of halogens is 1. The summed E-state index contributed by atoms with van der Waals surface area (Å²) in [6.45, 7) is 3.93. The molecule has 2 aromatic heterocycles. The molecule has 0 saturated heterocycles. The SMILES string of the molecule is CCOC(=O)c1cnc(Cc2ccc(C)nc2)nc1Cl. The smallest absolute Gasteiger partial charge is 0.342 e. The van der Waals surface area contributed by atoms with Crippen molar-refractivity contribution in [2.75, 3.05) is 6.61 Å². The monoisotopic (exact) mass is 291 g/mol. The lowest BCUT2D eigenvalue weighted by molar-refractivity contribution is 0.0525. The van der Waals surface area contributed by atoms with Crippen LogP contribution < -0.4 is 0 Å². The summed E-state index contributed by atoms with van der Waals surface area (Å²) in [5.41, 5.74) is 2.11. The molecule has 0 saturated carbocycles. The molecule has 0 aliphatic rings. The first kappa shape index (κ1) is 14.4. The summed E-state index contributed by atoms with van der Waals surface area (Å²) in [7, 11) is 0. The number of aromatic nitrogens is 3. The highest BCUT2D eigenvalue weighted by Gasteiger charge is 2.14. The van der Waals surface area contributed by atoms with Gasteiger partial charge in [-0.2, -0.15) is 0 Å². The van der Waals surface area contributed by atoms with E-state index >= 15 is 0 Å². The Hall–Kier alpha value is -2.01. The van der Waals surface area contributed by atoms with Crippen molar-refractivity contribution in [2.45, 2.75) is 20.3 Å². The van der Waals surface area contributed by atoms with Gasteiger partial charge in [-0.1, -0.05) is 17.7 Å². The Balaban J connectivity index is 2.16. The minimum atomic E-state index is -0.513. The van der Waals surface area contributed by atoms with Crippen molar-refractivity contribution >= 4 is 17.6 Å². The average molecular weight is 292 g/mol. The molecule has 104 valence electrons. The van der Waals surface area contributed by atoms with Crippen LogP contribution in [0.15, 0.2) is 24.5 Å². The molecular weight excluding hydrogens is 278 g/mol. The van der Waals surface area contributed by atoms with Gasteiger partial charge in [-0.15, -0.1) is 0 Å². The number of hydrogen-bond donors (Lipinski definition) is 0. The second kappa shape index (κ2) is 6.43. The van der Waals surface area contributed by atoms with Crippen LogP contribution in [0.1, 0.15) is 34.4 Å². The van der Waals surface area contributed by atoms with E-state index in [4.69, 9.17) is 16.3 Å². The third-order valence-corrected chi connectivity index (χ3v) is 2.91. The Morgan fingerprint density at radius 1 is 1.30 bits per heavy atom. The molecule has 2 aromatic rings. The number of ether oxygens (including phenoxy) is 1. The summed E-state index contributed by atoms with van der Waals surface area (Å²) in [5.74, 6) is 0.0229. The van der Waals surface area contributed by atoms with Gasteiger partial charge in [0.15, 0.2) is 0 Å². The molecule has 0 fully saturated rings. The number of carbonyl (C=O) groups is 1. The van der Waals surface area contributed by atoms with E-state index in [1.165, 1.54) is 6.20 Å². The lowest BCUT2D eigenvalue weighted by Crippen LogP contribution is -2.09. The Morgan fingerprint density at radius 3 is 2.70 bits per heavy atom. The number of esters is 1. The number of carbonyl (C=O) groups excluding carboxylic acids is 1. The molecule has 5 nitrogen and oxygen atoms in total. The Morgan fingerprint density at radius 2 is 2.10 bits per heavy atom. The van der Waals surface area contributed by atoms with Crippen molar-refractivity contribution in [2.24, 2.45) is 0 Å². The second-order valence-electron chi connectivity index (χ2n) is 4.20. The molecule has 2 heterocycles. The lowest BCUT2D eigenvalue weighted by Gasteiger charge is -2.05. The molecule has 20 heavy (non-hydrogen) atoms. The largest absolute Gasteiger partial charge is 0.462 e. The summed E-state index contributed by atoms with van der Waals surface area (Å²) < 4.78 is 4.87. The van der Waals surface area contributed by atoms with Crippen LogP contribution in [-0.2, 0) is 11.2 Å². The van der Waals surface area contributed by atoms with Crippen molar-refractivity contribution < 1.29 is 9.53 Å². The van der Waals surface area contributed by atoms with E-state index in [1.54, 1.807) is 13.1 Å². The zero-order valence-corrected chi connectivity index (χ0v) is 12.0. The van der Waals surface area contributed by atoms with Crippen molar-refractivity contribution in [3.05, 3.63) is 52.3 Å². The summed E-state index contributed by atoms with van der Waals surface area (Å²) >= 11 is 5.98. The maximum absolute atomic E-state index is 11.6. The van der Waals surface area contributed by atoms with Crippen LogP contribution in [0.3, 0.4) is 0 Å². The van der Waals surface area contributed by atoms with E-state index in [-0.39, 0.29) is 17.3 Å². The summed E-state index contributed by atoms with van der Waals surface area (Å²) in [6, 6.07) is 3.88. The molecule has 0 unspecified atom stereocenters. The molecule has 0 aliphatic carbocycles. The molecule has 0 bridgehead atoms. The van der Waals surface area contributed by atoms with Crippen LogP contribution >= 0.6 is 11.6 Å². The van der Waals surface area contributed by atoms with E-state index in [1.807, 2.05) is 19.1 Å². The van der Waals surface area contributed by atoms with Gasteiger partial charge in [0, 0.05) is 24.5 Å². The number of hydrogen-bond acceptors (Lipinski definition) is 5. The minimum absolute atomic E-state index is 0.105. The van der Waals surface area contributed by atoms with Crippen LogP contribution in [0.25, 0.3) is 0 Å². The van der Waals surface area contributed by atoms with Crippen LogP contribution in [0.2, 0.25) is 5.15 Å². The maximum atomic E-state index is 11.6. The van der Waals surface area contributed by atoms with E-state index in [9.17, 15) is 4.79 Å². The molecule has 6 heteroatoms. The second-order valence-corrected chi connectivity index (χ2v) is 4.55. The summed E-state index contributed by atoms with van der Waals surface area (Å²) in [5, 5.41) is 0.105. The van der Waals surface area contributed by atoms with E-state index in [0.717, 1.165) is 11.3 Å². The van der Waals surface area contributed by atoms with Gasteiger partial charge in [-0.3, -0.25) is 4.98 Å². The highest BCUT2D eigenvalue weighted by Crippen LogP contribution is 2.15. The Kier molecular flexibility index (Phi) is 4.63.